The van der Waals surface area contributed by atoms with Crippen molar-refractivity contribution in [3.05, 3.63) is 29.8 Å². The van der Waals surface area contributed by atoms with E-state index >= 15 is 0 Å². The van der Waals surface area contributed by atoms with Gasteiger partial charge in [0.2, 0.25) is 0 Å². The van der Waals surface area contributed by atoms with Crippen LogP contribution < -0.4 is 9.03 Å². The van der Waals surface area contributed by atoms with Crippen LogP contribution in [0, 0.1) is 6.92 Å². The van der Waals surface area contributed by atoms with E-state index in [1.807, 2.05) is 13.8 Å². The lowest BCUT2D eigenvalue weighted by atomic mass is 10.2. The van der Waals surface area contributed by atoms with Crippen LogP contribution in [-0.2, 0) is 15.0 Å². The SMILES string of the molecule is CCCNS(=O)(=O)N(CCC(=O)O)c1ccc(C)cc1. The van der Waals surface area contributed by atoms with Gasteiger partial charge in [0.15, 0.2) is 0 Å². The molecule has 0 saturated carbocycles. The number of hydrogen-bond donors (Lipinski definition) is 2. The van der Waals surface area contributed by atoms with Gasteiger partial charge in [-0.15, -0.1) is 0 Å². The Morgan fingerprint density at radius 3 is 2.40 bits per heavy atom. The summed E-state index contributed by atoms with van der Waals surface area (Å²) in [7, 11) is -3.73. The van der Waals surface area contributed by atoms with E-state index < -0.39 is 16.2 Å². The molecule has 0 unspecified atom stereocenters. The van der Waals surface area contributed by atoms with Crippen molar-refractivity contribution in [1.82, 2.24) is 4.72 Å². The number of carboxylic acid groups (broad SMARTS) is 1. The number of rotatable bonds is 8. The first-order valence-electron chi connectivity index (χ1n) is 6.42. The normalized spacial score (nSPS) is 11.3. The Bertz CT molecular complexity index is 540. The third-order valence-corrected chi connectivity index (χ3v) is 4.22. The highest BCUT2D eigenvalue weighted by atomic mass is 32.2. The van der Waals surface area contributed by atoms with Crippen LogP contribution in [0.15, 0.2) is 24.3 Å². The third-order valence-electron chi connectivity index (χ3n) is 2.68. The molecule has 0 radical (unpaired) electrons. The smallest absolute Gasteiger partial charge is 0.305 e. The molecule has 0 spiro atoms. The maximum Gasteiger partial charge on any atom is 0.305 e. The molecule has 2 N–H and O–H groups in total. The molecule has 6 nitrogen and oxygen atoms in total. The van der Waals surface area contributed by atoms with E-state index in [1.165, 1.54) is 0 Å². The lowest BCUT2D eigenvalue weighted by Gasteiger charge is -2.24. The molecule has 7 heteroatoms. The van der Waals surface area contributed by atoms with Gasteiger partial charge in [0.25, 0.3) is 0 Å². The van der Waals surface area contributed by atoms with Gasteiger partial charge in [-0.3, -0.25) is 9.10 Å². The second-order valence-corrected chi connectivity index (χ2v) is 6.13. The van der Waals surface area contributed by atoms with E-state index in [0.717, 1.165) is 9.87 Å². The molecular weight excluding hydrogens is 280 g/mol. The number of benzene rings is 1. The second-order valence-electron chi connectivity index (χ2n) is 4.45. The molecule has 0 amide bonds. The molecule has 0 aliphatic heterocycles. The molecule has 1 aromatic rings. The second kappa shape index (κ2) is 7.25. The summed E-state index contributed by atoms with van der Waals surface area (Å²) in [4.78, 5) is 10.7. The summed E-state index contributed by atoms with van der Waals surface area (Å²) in [5, 5.41) is 8.75. The van der Waals surface area contributed by atoms with Crippen LogP contribution in [0.4, 0.5) is 5.69 Å². The number of aryl methyl sites for hydroxylation is 1. The standard InChI is InChI=1S/C13H20N2O4S/c1-3-9-14-20(18,19)15(10-8-13(16)17)12-6-4-11(2)5-7-12/h4-7,14H,3,8-10H2,1-2H3,(H,16,17). The average Bonchev–Trinajstić information content (AvgIpc) is 2.38. The minimum absolute atomic E-state index is 0.0998. The Labute approximate surface area is 119 Å². The summed E-state index contributed by atoms with van der Waals surface area (Å²) in [5.41, 5.74) is 1.46. The number of nitrogens with zero attached hydrogens (tertiary/aromatic N) is 1. The zero-order chi connectivity index (χ0) is 15.2. The van der Waals surface area contributed by atoms with E-state index in [0.29, 0.717) is 18.7 Å². The Balaban J connectivity index is 3.01. The van der Waals surface area contributed by atoms with Gasteiger partial charge in [0, 0.05) is 13.1 Å². The first-order chi connectivity index (χ1) is 9.36. The van der Waals surface area contributed by atoms with Crippen LogP contribution >= 0.6 is 0 Å². The molecule has 0 aromatic heterocycles. The van der Waals surface area contributed by atoms with Gasteiger partial charge in [0.1, 0.15) is 0 Å². The van der Waals surface area contributed by atoms with Gasteiger partial charge >= 0.3 is 16.2 Å². The van der Waals surface area contributed by atoms with Gasteiger partial charge < -0.3 is 5.11 Å². The van der Waals surface area contributed by atoms with Gasteiger partial charge in [-0.25, -0.2) is 0 Å². The lowest BCUT2D eigenvalue weighted by molar-refractivity contribution is -0.136. The molecule has 1 aromatic carbocycles. The van der Waals surface area contributed by atoms with E-state index in [9.17, 15) is 13.2 Å². The fourth-order valence-electron chi connectivity index (χ4n) is 1.61. The number of hydrogen-bond acceptors (Lipinski definition) is 3. The largest absolute Gasteiger partial charge is 0.481 e. The van der Waals surface area contributed by atoms with Crippen LogP contribution in [0.2, 0.25) is 0 Å². The van der Waals surface area contributed by atoms with Gasteiger partial charge in [-0.05, 0) is 25.5 Å². The lowest BCUT2D eigenvalue weighted by Crippen LogP contribution is -2.42. The zero-order valence-electron chi connectivity index (χ0n) is 11.7. The van der Waals surface area contributed by atoms with Crippen molar-refractivity contribution in [1.29, 1.82) is 0 Å². The highest BCUT2D eigenvalue weighted by Crippen LogP contribution is 2.18. The van der Waals surface area contributed by atoms with E-state index in [2.05, 4.69) is 4.72 Å². The third kappa shape index (κ3) is 4.82. The van der Waals surface area contributed by atoms with Crippen molar-refractivity contribution >= 4 is 21.9 Å². The molecule has 0 aliphatic rings. The predicted molar refractivity (Wildman–Crippen MR) is 78.0 cm³/mol. The summed E-state index contributed by atoms with van der Waals surface area (Å²) < 4.78 is 28.0. The van der Waals surface area contributed by atoms with Gasteiger partial charge in [0.05, 0.1) is 12.1 Å². The first-order valence-corrected chi connectivity index (χ1v) is 7.86. The number of nitrogens with one attached hydrogen (secondary N) is 1. The molecular formula is C13H20N2O4S. The molecule has 0 saturated heterocycles. The van der Waals surface area contributed by atoms with Crippen molar-refractivity contribution in [3.63, 3.8) is 0 Å². The summed E-state index contributed by atoms with van der Waals surface area (Å²) in [5.74, 6) is -1.03. The molecule has 112 valence electrons. The maximum atomic E-state index is 12.2. The summed E-state index contributed by atoms with van der Waals surface area (Å²) in [6.45, 7) is 3.97. The number of anilines is 1. The molecule has 0 atom stereocenters. The Morgan fingerprint density at radius 2 is 1.90 bits per heavy atom. The number of carboxylic acids is 1. The highest BCUT2D eigenvalue weighted by Gasteiger charge is 2.22. The molecule has 0 fully saturated rings. The first kappa shape index (κ1) is 16.5. The Morgan fingerprint density at radius 1 is 1.30 bits per heavy atom. The highest BCUT2D eigenvalue weighted by molar-refractivity contribution is 7.90. The van der Waals surface area contributed by atoms with Crippen LogP contribution in [-0.4, -0.2) is 32.6 Å². The Kier molecular flexibility index (Phi) is 5.97. The molecule has 0 heterocycles. The Hall–Kier alpha value is -1.60. The molecule has 1 rings (SSSR count). The summed E-state index contributed by atoms with van der Waals surface area (Å²) >= 11 is 0. The minimum atomic E-state index is -3.73. The van der Waals surface area contributed by atoms with Crippen molar-refractivity contribution < 1.29 is 18.3 Å². The van der Waals surface area contributed by atoms with Crippen LogP contribution in [0.3, 0.4) is 0 Å². The monoisotopic (exact) mass is 300 g/mol. The maximum absolute atomic E-state index is 12.2. The predicted octanol–water partition coefficient (Wildman–Crippen LogP) is 1.52. The van der Waals surface area contributed by atoms with Crippen molar-refractivity contribution in [3.8, 4) is 0 Å². The summed E-state index contributed by atoms with van der Waals surface area (Å²) in [6, 6.07) is 6.92. The fourth-order valence-corrected chi connectivity index (χ4v) is 2.95. The van der Waals surface area contributed by atoms with Crippen molar-refractivity contribution in [2.45, 2.75) is 26.7 Å². The van der Waals surface area contributed by atoms with Crippen molar-refractivity contribution in [2.75, 3.05) is 17.4 Å². The van der Waals surface area contributed by atoms with Crippen molar-refractivity contribution in [2.24, 2.45) is 0 Å². The van der Waals surface area contributed by atoms with Crippen LogP contribution in [0.25, 0.3) is 0 Å². The van der Waals surface area contributed by atoms with E-state index in [4.69, 9.17) is 5.11 Å². The molecule has 0 aliphatic carbocycles. The van der Waals surface area contributed by atoms with E-state index in [-0.39, 0.29) is 13.0 Å². The number of aliphatic carboxylic acids is 1. The molecule has 20 heavy (non-hydrogen) atoms. The fraction of sp³-hybridized carbons (Fsp3) is 0.462. The number of carbonyl (C=O) groups is 1. The van der Waals surface area contributed by atoms with Gasteiger partial charge in [-0.1, -0.05) is 24.6 Å². The zero-order valence-corrected chi connectivity index (χ0v) is 12.5. The molecule has 0 bridgehead atoms. The van der Waals surface area contributed by atoms with E-state index in [1.54, 1.807) is 24.3 Å². The average molecular weight is 300 g/mol. The quantitative estimate of drug-likeness (QED) is 0.762. The van der Waals surface area contributed by atoms with Crippen LogP contribution in [0.1, 0.15) is 25.3 Å². The van der Waals surface area contributed by atoms with Crippen LogP contribution in [0.5, 0.6) is 0 Å². The van der Waals surface area contributed by atoms with Gasteiger partial charge in [-0.2, -0.15) is 13.1 Å². The minimum Gasteiger partial charge on any atom is -0.481 e. The summed E-state index contributed by atoms with van der Waals surface area (Å²) in [6.07, 6.45) is 0.417. The topological polar surface area (TPSA) is 86.7 Å².